The zero-order chi connectivity index (χ0) is 15.5. The molecule has 6 nitrogen and oxygen atoms in total. The van der Waals surface area contributed by atoms with Gasteiger partial charge in [-0.25, -0.2) is 0 Å². The summed E-state index contributed by atoms with van der Waals surface area (Å²) in [6, 6.07) is 3.78. The maximum Gasteiger partial charge on any atom is 0.191 e. The van der Waals surface area contributed by atoms with Crippen molar-refractivity contribution in [2.24, 2.45) is 4.99 Å². The lowest BCUT2D eigenvalue weighted by Gasteiger charge is -2.12. The molecular formula is C16H27N3O3. The molecule has 2 heterocycles. The number of nitrogens with one attached hydrogen (secondary N) is 2. The highest BCUT2D eigenvalue weighted by atomic mass is 16.5. The fourth-order valence-electron chi connectivity index (χ4n) is 2.27. The summed E-state index contributed by atoms with van der Waals surface area (Å²) >= 11 is 0. The fourth-order valence-corrected chi connectivity index (χ4v) is 2.27. The van der Waals surface area contributed by atoms with Crippen molar-refractivity contribution in [1.29, 1.82) is 0 Å². The third-order valence-corrected chi connectivity index (χ3v) is 3.40. The van der Waals surface area contributed by atoms with Crippen LogP contribution in [0.3, 0.4) is 0 Å². The Balaban J connectivity index is 1.56. The van der Waals surface area contributed by atoms with E-state index in [-0.39, 0.29) is 6.10 Å². The lowest BCUT2D eigenvalue weighted by Crippen LogP contribution is -2.38. The summed E-state index contributed by atoms with van der Waals surface area (Å²) in [6.45, 7) is 6.57. The van der Waals surface area contributed by atoms with Crippen molar-refractivity contribution in [3.8, 4) is 0 Å². The van der Waals surface area contributed by atoms with Crippen LogP contribution in [-0.2, 0) is 16.1 Å². The first-order valence-corrected chi connectivity index (χ1v) is 8.12. The minimum absolute atomic E-state index is 0.284. The van der Waals surface area contributed by atoms with E-state index >= 15 is 0 Å². The second-order valence-corrected chi connectivity index (χ2v) is 5.27. The first kappa shape index (κ1) is 16.8. The van der Waals surface area contributed by atoms with Gasteiger partial charge in [0.25, 0.3) is 0 Å². The lowest BCUT2D eigenvalue weighted by atomic mass is 10.2. The Morgan fingerprint density at radius 2 is 2.41 bits per heavy atom. The average Bonchev–Trinajstić information content (AvgIpc) is 3.21. The molecule has 1 unspecified atom stereocenters. The minimum Gasteiger partial charge on any atom is -0.467 e. The van der Waals surface area contributed by atoms with E-state index in [2.05, 4.69) is 22.5 Å². The van der Waals surface area contributed by atoms with Crippen molar-refractivity contribution in [3.05, 3.63) is 24.2 Å². The molecule has 0 aliphatic carbocycles. The molecule has 1 aromatic rings. The van der Waals surface area contributed by atoms with E-state index in [1.165, 1.54) is 0 Å². The van der Waals surface area contributed by atoms with Gasteiger partial charge in [-0.05, 0) is 38.3 Å². The topological polar surface area (TPSA) is 68.0 Å². The zero-order valence-corrected chi connectivity index (χ0v) is 13.3. The summed E-state index contributed by atoms with van der Waals surface area (Å²) in [4.78, 5) is 4.57. The van der Waals surface area contributed by atoms with Crippen LogP contribution in [0.25, 0.3) is 0 Å². The predicted octanol–water partition coefficient (Wildman–Crippen LogP) is 1.92. The molecule has 2 rings (SSSR count). The van der Waals surface area contributed by atoms with Gasteiger partial charge in [0.15, 0.2) is 5.96 Å². The van der Waals surface area contributed by atoms with E-state index in [1.807, 2.05) is 12.1 Å². The molecule has 1 aliphatic rings. The molecule has 1 aliphatic heterocycles. The maximum absolute atomic E-state index is 5.58. The lowest BCUT2D eigenvalue weighted by molar-refractivity contribution is 0.105. The van der Waals surface area contributed by atoms with E-state index in [0.717, 1.165) is 57.2 Å². The molecule has 0 aromatic carbocycles. The van der Waals surface area contributed by atoms with Gasteiger partial charge in [-0.15, -0.1) is 0 Å². The van der Waals surface area contributed by atoms with Crippen molar-refractivity contribution in [1.82, 2.24) is 10.6 Å². The average molecular weight is 309 g/mol. The van der Waals surface area contributed by atoms with Crippen molar-refractivity contribution < 1.29 is 13.9 Å². The molecule has 0 bridgehead atoms. The fraction of sp³-hybridized carbons (Fsp3) is 0.688. The van der Waals surface area contributed by atoms with E-state index in [4.69, 9.17) is 13.9 Å². The number of furan rings is 1. The zero-order valence-electron chi connectivity index (χ0n) is 13.3. The van der Waals surface area contributed by atoms with Crippen molar-refractivity contribution in [2.75, 3.05) is 32.8 Å². The Labute approximate surface area is 132 Å². The quantitative estimate of drug-likeness (QED) is 0.414. The summed E-state index contributed by atoms with van der Waals surface area (Å²) in [5.74, 6) is 1.71. The van der Waals surface area contributed by atoms with Crippen LogP contribution >= 0.6 is 0 Å². The molecule has 1 atom stereocenters. The Hall–Kier alpha value is -1.53. The third kappa shape index (κ3) is 6.49. The Bertz CT molecular complexity index is 414. The van der Waals surface area contributed by atoms with E-state index in [0.29, 0.717) is 13.2 Å². The van der Waals surface area contributed by atoms with Gasteiger partial charge in [0, 0.05) is 26.3 Å². The molecule has 1 fully saturated rings. The number of hydrogen-bond donors (Lipinski definition) is 2. The van der Waals surface area contributed by atoms with Crippen LogP contribution in [-0.4, -0.2) is 44.9 Å². The van der Waals surface area contributed by atoms with Gasteiger partial charge in [-0.3, -0.25) is 4.99 Å². The molecule has 2 N–H and O–H groups in total. The summed E-state index contributed by atoms with van der Waals surface area (Å²) in [6.07, 6.45) is 5.13. The van der Waals surface area contributed by atoms with Gasteiger partial charge in [0.1, 0.15) is 12.4 Å². The minimum atomic E-state index is 0.284. The third-order valence-electron chi connectivity index (χ3n) is 3.40. The maximum atomic E-state index is 5.58. The SMILES string of the molecule is CCNC(=NCC1CCCO1)NCCCOCc1ccco1. The van der Waals surface area contributed by atoms with Crippen molar-refractivity contribution in [3.63, 3.8) is 0 Å². The first-order valence-electron chi connectivity index (χ1n) is 8.12. The van der Waals surface area contributed by atoms with Crippen LogP contribution in [0.5, 0.6) is 0 Å². The van der Waals surface area contributed by atoms with Gasteiger partial charge in [-0.2, -0.15) is 0 Å². The van der Waals surface area contributed by atoms with Crippen molar-refractivity contribution in [2.45, 2.75) is 38.9 Å². The molecular weight excluding hydrogens is 282 g/mol. The Kier molecular flexibility index (Phi) is 7.83. The second-order valence-electron chi connectivity index (χ2n) is 5.27. The van der Waals surface area contributed by atoms with Gasteiger partial charge in [0.2, 0.25) is 0 Å². The largest absolute Gasteiger partial charge is 0.467 e. The molecule has 1 aromatic heterocycles. The van der Waals surface area contributed by atoms with Crippen LogP contribution in [0, 0.1) is 0 Å². The molecule has 0 radical (unpaired) electrons. The summed E-state index contributed by atoms with van der Waals surface area (Å²) in [7, 11) is 0. The van der Waals surface area contributed by atoms with Crippen LogP contribution in [0.15, 0.2) is 27.8 Å². The highest BCUT2D eigenvalue weighted by Crippen LogP contribution is 2.11. The molecule has 1 saturated heterocycles. The Morgan fingerprint density at radius 3 is 3.14 bits per heavy atom. The monoisotopic (exact) mass is 309 g/mol. The van der Waals surface area contributed by atoms with Gasteiger partial charge >= 0.3 is 0 Å². The Morgan fingerprint density at radius 1 is 1.45 bits per heavy atom. The second kappa shape index (κ2) is 10.2. The van der Waals surface area contributed by atoms with Gasteiger partial charge in [-0.1, -0.05) is 0 Å². The van der Waals surface area contributed by atoms with Crippen LogP contribution < -0.4 is 10.6 Å². The summed E-state index contributed by atoms with van der Waals surface area (Å²) < 4.78 is 16.3. The standard InChI is InChI=1S/C16H27N3O3/c1-2-17-16(19-12-14-6-3-10-21-14)18-8-5-9-20-13-15-7-4-11-22-15/h4,7,11,14H,2-3,5-6,8-10,12-13H2,1H3,(H2,17,18,19). The molecule has 124 valence electrons. The van der Waals surface area contributed by atoms with Crippen LogP contribution in [0.1, 0.15) is 31.9 Å². The van der Waals surface area contributed by atoms with Crippen LogP contribution in [0.4, 0.5) is 0 Å². The normalized spacial score (nSPS) is 18.6. The van der Waals surface area contributed by atoms with E-state index in [9.17, 15) is 0 Å². The van der Waals surface area contributed by atoms with Gasteiger partial charge < -0.3 is 24.5 Å². The molecule has 22 heavy (non-hydrogen) atoms. The highest BCUT2D eigenvalue weighted by molar-refractivity contribution is 5.79. The number of nitrogens with zero attached hydrogens (tertiary/aromatic N) is 1. The van der Waals surface area contributed by atoms with E-state index < -0.39 is 0 Å². The summed E-state index contributed by atoms with van der Waals surface area (Å²) in [5, 5.41) is 6.57. The number of aliphatic imine (C=N–C) groups is 1. The van der Waals surface area contributed by atoms with Crippen molar-refractivity contribution >= 4 is 5.96 Å². The van der Waals surface area contributed by atoms with Crippen LogP contribution in [0.2, 0.25) is 0 Å². The molecule has 0 amide bonds. The van der Waals surface area contributed by atoms with Gasteiger partial charge in [0.05, 0.1) is 18.9 Å². The number of guanidine groups is 1. The number of ether oxygens (including phenoxy) is 2. The molecule has 6 heteroatoms. The number of rotatable bonds is 9. The molecule has 0 saturated carbocycles. The highest BCUT2D eigenvalue weighted by Gasteiger charge is 2.14. The first-order chi connectivity index (χ1) is 10.9. The smallest absolute Gasteiger partial charge is 0.191 e. The van der Waals surface area contributed by atoms with E-state index in [1.54, 1.807) is 6.26 Å². The predicted molar refractivity (Wildman–Crippen MR) is 85.9 cm³/mol. The number of hydrogen-bond acceptors (Lipinski definition) is 4. The summed E-state index contributed by atoms with van der Waals surface area (Å²) in [5.41, 5.74) is 0. The molecule has 0 spiro atoms.